The average molecular weight is 337 g/mol. The molecule has 0 radical (unpaired) electrons. The highest BCUT2D eigenvalue weighted by molar-refractivity contribution is 9.10. The van der Waals surface area contributed by atoms with Gasteiger partial charge in [-0.1, -0.05) is 15.9 Å². The third-order valence-electron chi connectivity index (χ3n) is 2.03. The fraction of sp³-hybridized carbons (Fsp3) is 0.250. The van der Waals surface area contributed by atoms with Crippen LogP contribution in [0.4, 0.5) is 26.3 Å². The summed E-state index contributed by atoms with van der Waals surface area (Å²) in [4.78, 5) is 0. The quantitative estimate of drug-likeness (QED) is 0.609. The lowest BCUT2D eigenvalue weighted by Crippen LogP contribution is -2.33. The first-order chi connectivity index (χ1) is 7.94. The minimum Gasteiger partial charge on any atom is -0.423 e. The van der Waals surface area contributed by atoms with Crippen molar-refractivity contribution in [2.75, 3.05) is 0 Å². The highest BCUT2D eigenvalue weighted by Crippen LogP contribution is 2.40. The molecule has 0 aliphatic carbocycles. The second-order valence-electron chi connectivity index (χ2n) is 3.29. The zero-order valence-corrected chi connectivity index (χ0v) is 9.86. The number of halogens is 7. The van der Waals surface area contributed by atoms with E-state index in [1.807, 2.05) is 0 Å². The number of hydrogen-bond donors (Lipinski definition) is 2. The van der Waals surface area contributed by atoms with E-state index in [1.54, 1.807) is 0 Å². The van der Waals surface area contributed by atoms with Crippen molar-refractivity contribution in [3.63, 3.8) is 0 Å². The van der Waals surface area contributed by atoms with E-state index in [1.165, 1.54) is 0 Å². The molecule has 2 N–H and O–H groups in total. The van der Waals surface area contributed by atoms with Crippen molar-refractivity contribution >= 4 is 28.5 Å². The predicted molar refractivity (Wildman–Crippen MR) is 54.0 cm³/mol. The minimum absolute atomic E-state index is 0.0531. The van der Waals surface area contributed by atoms with Gasteiger partial charge in [0, 0.05) is 4.47 Å². The van der Waals surface area contributed by atoms with Crippen molar-refractivity contribution in [2.45, 2.75) is 12.4 Å². The second kappa shape index (κ2) is 4.74. The van der Waals surface area contributed by atoms with Crippen LogP contribution in [0.5, 0.6) is 0 Å². The van der Waals surface area contributed by atoms with Crippen LogP contribution in [0.1, 0.15) is 11.1 Å². The highest BCUT2D eigenvalue weighted by atomic mass is 79.9. The van der Waals surface area contributed by atoms with E-state index < -0.39 is 40.5 Å². The van der Waals surface area contributed by atoms with Crippen LogP contribution >= 0.6 is 15.9 Å². The SMILES string of the molecule is OB(O)c1cc(C(F)(F)F)c(C(F)(F)F)cc1Br. The molecule has 0 saturated carbocycles. The van der Waals surface area contributed by atoms with E-state index in [2.05, 4.69) is 15.9 Å². The third kappa shape index (κ3) is 3.18. The maximum atomic E-state index is 12.5. The molecule has 0 spiro atoms. The van der Waals surface area contributed by atoms with Gasteiger partial charge in [0.25, 0.3) is 0 Å². The van der Waals surface area contributed by atoms with Crippen molar-refractivity contribution in [2.24, 2.45) is 0 Å². The van der Waals surface area contributed by atoms with E-state index >= 15 is 0 Å². The lowest BCUT2D eigenvalue weighted by Gasteiger charge is -2.17. The maximum absolute atomic E-state index is 12.5. The Bertz CT molecular complexity index is 456. The molecule has 1 aromatic rings. The summed E-state index contributed by atoms with van der Waals surface area (Å²) in [6.07, 6.45) is -10.5. The van der Waals surface area contributed by atoms with Gasteiger partial charge in [0.05, 0.1) is 11.1 Å². The van der Waals surface area contributed by atoms with Crippen molar-refractivity contribution in [3.05, 3.63) is 27.7 Å². The van der Waals surface area contributed by atoms with E-state index in [4.69, 9.17) is 10.0 Å². The first-order valence-corrected chi connectivity index (χ1v) is 5.08. The lowest BCUT2D eigenvalue weighted by atomic mass is 9.78. The molecule has 0 aliphatic rings. The van der Waals surface area contributed by atoms with Gasteiger partial charge in [-0.05, 0) is 17.6 Å². The molecule has 18 heavy (non-hydrogen) atoms. The Hall–Kier alpha value is -0.735. The molecule has 1 rings (SSSR count). The van der Waals surface area contributed by atoms with Gasteiger partial charge >= 0.3 is 19.5 Å². The number of hydrogen-bond acceptors (Lipinski definition) is 2. The molecule has 0 bridgehead atoms. The maximum Gasteiger partial charge on any atom is 0.489 e. The van der Waals surface area contributed by atoms with Crippen LogP contribution in [0.3, 0.4) is 0 Å². The van der Waals surface area contributed by atoms with Crippen LogP contribution in [0, 0.1) is 0 Å². The van der Waals surface area contributed by atoms with Crippen LogP contribution in [-0.4, -0.2) is 17.2 Å². The summed E-state index contributed by atoms with van der Waals surface area (Å²) >= 11 is 2.55. The molecule has 0 aliphatic heterocycles. The summed E-state index contributed by atoms with van der Waals surface area (Å²) in [7, 11) is -2.32. The standard InChI is InChI=1S/C8H4BBrF6O2/c10-6-2-4(8(14,15)16)3(7(11,12)13)1-5(6)9(17)18/h1-2,17-18H. The molecule has 1 aromatic carbocycles. The zero-order valence-electron chi connectivity index (χ0n) is 8.27. The van der Waals surface area contributed by atoms with Gasteiger partial charge in [0.1, 0.15) is 0 Å². The molecule has 0 atom stereocenters. The van der Waals surface area contributed by atoms with Gasteiger partial charge in [-0.15, -0.1) is 0 Å². The highest BCUT2D eigenvalue weighted by Gasteiger charge is 2.44. The first kappa shape index (κ1) is 15.3. The van der Waals surface area contributed by atoms with Crippen LogP contribution < -0.4 is 5.46 Å². The van der Waals surface area contributed by atoms with Crippen LogP contribution in [-0.2, 0) is 12.4 Å². The first-order valence-electron chi connectivity index (χ1n) is 4.28. The van der Waals surface area contributed by atoms with E-state index in [0.29, 0.717) is 0 Å². The molecule has 10 heteroatoms. The normalized spacial score (nSPS) is 12.7. The van der Waals surface area contributed by atoms with Crippen molar-refractivity contribution < 1.29 is 36.4 Å². The summed E-state index contributed by atoms with van der Waals surface area (Å²) in [6.45, 7) is 0. The molecule has 100 valence electrons. The van der Waals surface area contributed by atoms with Gasteiger partial charge in [0.2, 0.25) is 0 Å². The smallest absolute Gasteiger partial charge is 0.423 e. The largest absolute Gasteiger partial charge is 0.489 e. The molecule has 2 nitrogen and oxygen atoms in total. The fourth-order valence-corrected chi connectivity index (χ4v) is 1.81. The van der Waals surface area contributed by atoms with Crippen LogP contribution in [0.15, 0.2) is 16.6 Å². The summed E-state index contributed by atoms with van der Waals surface area (Å²) in [5.41, 5.74) is -4.57. The molecule has 0 fully saturated rings. The third-order valence-corrected chi connectivity index (χ3v) is 2.71. The van der Waals surface area contributed by atoms with Gasteiger partial charge in [-0.25, -0.2) is 0 Å². The molecular weight excluding hydrogens is 333 g/mol. The molecule has 0 heterocycles. The Kier molecular flexibility index (Phi) is 4.04. The second-order valence-corrected chi connectivity index (χ2v) is 4.14. The molecule has 0 unspecified atom stereocenters. The summed E-state index contributed by atoms with van der Waals surface area (Å²) in [5.74, 6) is 0. The topological polar surface area (TPSA) is 40.5 Å². The summed E-state index contributed by atoms with van der Waals surface area (Å²) < 4.78 is 74.3. The Balaban J connectivity index is 3.58. The predicted octanol–water partition coefficient (Wildman–Crippen LogP) is 2.17. The number of alkyl halides is 6. The Morgan fingerprint density at radius 1 is 0.889 bits per heavy atom. The van der Waals surface area contributed by atoms with Gasteiger partial charge in [0.15, 0.2) is 0 Å². The van der Waals surface area contributed by atoms with E-state index in [9.17, 15) is 26.3 Å². The van der Waals surface area contributed by atoms with E-state index in [0.717, 1.165) is 0 Å². The Labute approximate surface area is 106 Å². The number of benzene rings is 1. The van der Waals surface area contributed by atoms with Crippen LogP contribution in [0.25, 0.3) is 0 Å². The monoisotopic (exact) mass is 336 g/mol. The van der Waals surface area contributed by atoms with Crippen molar-refractivity contribution in [1.82, 2.24) is 0 Å². The van der Waals surface area contributed by atoms with Crippen molar-refractivity contribution in [3.8, 4) is 0 Å². The Morgan fingerprint density at radius 2 is 1.28 bits per heavy atom. The molecule has 0 amide bonds. The summed E-state index contributed by atoms with van der Waals surface area (Å²) in [6, 6.07) is 0.217. The Morgan fingerprint density at radius 3 is 1.61 bits per heavy atom. The van der Waals surface area contributed by atoms with E-state index in [-0.39, 0.29) is 12.1 Å². The fourth-order valence-electron chi connectivity index (χ4n) is 1.26. The molecule has 0 saturated heterocycles. The molecule has 0 aromatic heterocycles. The van der Waals surface area contributed by atoms with Crippen LogP contribution in [0.2, 0.25) is 0 Å². The van der Waals surface area contributed by atoms with Gasteiger partial charge in [-0.2, -0.15) is 26.3 Å². The number of rotatable bonds is 1. The zero-order chi connectivity index (χ0) is 14.3. The van der Waals surface area contributed by atoms with Crippen molar-refractivity contribution in [1.29, 1.82) is 0 Å². The molecular formula is C8H4BBrF6O2. The average Bonchev–Trinajstić information content (AvgIpc) is 2.13. The van der Waals surface area contributed by atoms with Gasteiger partial charge in [-0.3, -0.25) is 0 Å². The summed E-state index contributed by atoms with van der Waals surface area (Å²) in [5, 5.41) is 17.5. The minimum atomic E-state index is -5.25. The van der Waals surface area contributed by atoms with Gasteiger partial charge < -0.3 is 10.0 Å². The lowest BCUT2D eigenvalue weighted by molar-refractivity contribution is -0.162.